The van der Waals surface area contributed by atoms with Gasteiger partial charge in [-0.05, 0) is 6.07 Å². The van der Waals surface area contributed by atoms with Gasteiger partial charge in [-0.25, -0.2) is 9.50 Å². The Labute approximate surface area is 68.1 Å². The predicted octanol–water partition coefficient (Wildman–Crippen LogP) is 0.982. The van der Waals surface area contributed by atoms with Crippen LogP contribution in [0, 0.1) is 0 Å². The molecule has 3 heterocycles. The lowest BCUT2D eigenvalue weighted by molar-refractivity contribution is 0.942. The number of fused-ring (bicyclic) bond motifs is 3. The fourth-order valence-corrected chi connectivity index (χ4v) is 1.39. The molecular formula is C8H6N4. The maximum atomic E-state index is 4.12. The molecule has 0 aliphatic rings. The highest BCUT2D eigenvalue weighted by Gasteiger charge is 1.99. The third kappa shape index (κ3) is 0.567. The first-order chi connectivity index (χ1) is 5.95. The van der Waals surface area contributed by atoms with Gasteiger partial charge >= 0.3 is 0 Å². The minimum atomic E-state index is 1.08. The maximum absolute atomic E-state index is 4.12. The van der Waals surface area contributed by atoms with Crippen molar-refractivity contribution in [1.82, 2.24) is 19.0 Å². The van der Waals surface area contributed by atoms with Gasteiger partial charge < -0.3 is 4.40 Å². The summed E-state index contributed by atoms with van der Waals surface area (Å²) < 4.78 is 3.80. The van der Waals surface area contributed by atoms with E-state index < -0.39 is 0 Å². The Kier molecular flexibility index (Phi) is 0.889. The van der Waals surface area contributed by atoms with Crippen molar-refractivity contribution in [1.29, 1.82) is 0 Å². The van der Waals surface area contributed by atoms with E-state index in [-0.39, 0.29) is 0 Å². The summed E-state index contributed by atoms with van der Waals surface area (Å²) in [6, 6.07) is 1.97. The summed E-state index contributed by atoms with van der Waals surface area (Å²) in [6.07, 6.45) is 9.23. The Hall–Kier alpha value is -1.84. The summed E-state index contributed by atoms with van der Waals surface area (Å²) in [7, 11) is 0. The van der Waals surface area contributed by atoms with E-state index in [1.165, 1.54) is 0 Å². The van der Waals surface area contributed by atoms with Crippen LogP contribution in [0.4, 0.5) is 0 Å². The van der Waals surface area contributed by atoms with Crippen LogP contribution in [0.5, 0.6) is 0 Å². The quantitative estimate of drug-likeness (QED) is 0.488. The Bertz CT molecular complexity index is 484. The van der Waals surface area contributed by atoms with Crippen LogP contribution >= 0.6 is 0 Å². The molecule has 0 bridgehead atoms. The molecular weight excluding hydrogens is 152 g/mol. The number of nitrogens with zero attached hydrogens (tertiary/aromatic N) is 4. The van der Waals surface area contributed by atoms with Crippen LogP contribution in [0.1, 0.15) is 0 Å². The lowest BCUT2D eigenvalue weighted by Gasteiger charge is -1.95. The second-order valence-corrected chi connectivity index (χ2v) is 2.65. The minimum Gasteiger partial charge on any atom is -0.303 e. The fourth-order valence-electron chi connectivity index (χ4n) is 1.39. The van der Waals surface area contributed by atoms with E-state index in [4.69, 9.17) is 0 Å². The molecule has 0 saturated carbocycles. The SMILES string of the molecule is c1cc2c3cncn3ccn2n1. The van der Waals surface area contributed by atoms with E-state index in [2.05, 4.69) is 10.1 Å². The molecule has 0 fully saturated rings. The molecule has 0 unspecified atom stereocenters. The van der Waals surface area contributed by atoms with Crippen LogP contribution in [-0.4, -0.2) is 19.0 Å². The van der Waals surface area contributed by atoms with Gasteiger partial charge in [-0.15, -0.1) is 0 Å². The number of rotatable bonds is 0. The second kappa shape index (κ2) is 1.85. The largest absolute Gasteiger partial charge is 0.303 e. The lowest BCUT2D eigenvalue weighted by Crippen LogP contribution is -1.89. The molecule has 0 radical (unpaired) electrons. The minimum absolute atomic E-state index is 1.08. The van der Waals surface area contributed by atoms with E-state index in [1.807, 2.05) is 33.6 Å². The summed E-state index contributed by atoms with van der Waals surface area (Å²) in [4.78, 5) is 4.05. The highest BCUT2D eigenvalue weighted by Crippen LogP contribution is 2.09. The molecule has 4 heteroatoms. The Morgan fingerprint density at radius 3 is 3.17 bits per heavy atom. The molecule has 0 aromatic carbocycles. The first-order valence-corrected chi connectivity index (χ1v) is 3.69. The first kappa shape index (κ1) is 5.77. The summed E-state index contributed by atoms with van der Waals surface area (Å²) in [6.45, 7) is 0. The number of hydrogen-bond acceptors (Lipinski definition) is 2. The molecule has 3 aromatic rings. The van der Waals surface area contributed by atoms with Crippen molar-refractivity contribution in [3.8, 4) is 0 Å². The molecule has 0 spiro atoms. The Morgan fingerprint density at radius 1 is 1.17 bits per heavy atom. The molecule has 0 saturated heterocycles. The maximum Gasteiger partial charge on any atom is 0.0993 e. The van der Waals surface area contributed by atoms with Gasteiger partial charge in [0.2, 0.25) is 0 Å². The third-order valence-electron chi connectivity index (χ3n) is 1.97. The van der Waals surface area contributed by atoms with Gasteiger partial charge in [-0.3, -0.25) is 0 Å². The predicted molar refractivity (Wildman–Crippen MR) is 43.9 cm³/mol. The molecule has 4 nitrogen and oxygen atoms in total. The van der Waals surface area contributed by atoms with Gasteiger partial charge in [-0.2, -0.15) is 5.10 Å². The van der Waals surface area contributed by atoms with E-state index >= 15 is 0 Å². The van der Waals surface area contributed by atoms with E-state index in [9.17, 15) is 0 Å². The molecule has 0 atom stereocenters. The molecule has 0 N–H and O–H groups in total. The second-order valence-electron chi connectivity index (χ2n) is 2.65. The van der Waals surface area contributed by atoms with Crippen molar-refractivity contribution in [3.63, 3.8) is 0 Å². The Balaban J connectivity index is 2.71. The molecule has 0 aliphatic heterocycles. The zero-order chi connectivity index (χ0) is 7.97. The van der Waals surface area contributed by atoms with Crippen molar-refractivity contribution >= 4 is 11.0 Å². The fraction of sp³-hybridized carbons (Fsp3) is 0. The van der Waals surface area contributed by atoms with E-state index in [0.717, 1.165) is 11.0 Å². The third-order valence-corrected chi connectivity index (χ3v) is 1.97. The van der Waals surface area contributed by atoms with Crippen LogP contribution in [0.15, 0.2) is 37.2 Å². The summed E-state index contributed by atoms with van der Waals surface area (Å²) in [5, 5.41) is 4.12. The lowest BCUT2D eigenvalue weighted by atomic mass is 10.4. The van der Waals surface area contributed by atoms with Gasteiger partial charge in [0.1, 0.15) is 0 Å². The van der Waals surface area contributed by atoms with Crippen LogP contribution < -0.4 is 0 Å². The van der Waals surface area contributed by atoms with E-state index in [0.29, 0.717) is 0 Å². The van der Waals surface area contributed by atoms with Crippen LogP contribution in [0.2, 0.25) is 0 Å². The monoisotopic (exact) mass is 158 g/mol. The first-order valence-electron chi connectivity index (χ1n) is 3.69. The zero-order valence-electron chi connectivity index (χ0n) is 6.25. The average Bonchev–Trinajstić information content (AvgIpc) is 2.71. The number of aromatic nitrogens is 4. The van der Waals surface area contributed by atoms with Crippen molar-refractivity contribution in [2.24, 2.45) is 0 Å². The van der Waals surface area contributed by atoms with Crippen LogP contribution in [-0.2, 0) is 0 Å². The smallest absolute Gasteiger partial charge is 0.0993 e. The number of imidazole rings is 1. The molecule has 0 amide bonds. The summed E-state index contributed by atoms with van der Waals surface area (Å²) >= 11 is 0. The number of hydrogen-bond donors (Lipinski definition) is 0. The van der Waals surface area contributed by atoms with Gasteiger partial charge in [0.05, 0.1) is 29.8 Å². The standard InChI is InChI=1S/C8H6N4/c1-2-10-12-4-3-11-6-9-5-8(11)7(1)12/h1-6H. The van der Waals surface area contributed by atoms with Gasteiger partial charge in [0.25, 0.3) is 0 Å². The van der Waals surface area contributed by atoms with Gasteiger partial charge in [0.15, 0.2) is 0 Å². The topological polar surface area (TPSA) is 34.6 Å². The highest BCUT2D eigenvalue weighted by molar-refractivity contribution is 5.73. The van der Waals surface area contributed by atoms with Crippen LogP contribution in [0.3, 0.4) is 0 Å². The van der Waals surface area contributed by atoms with Gasteiger partial charge in [-0.1, -0.05) is 0 Å². The molecule has 3 aromatic heterocycles. The molecule has 58 valence electrons. The Morgan fingerprint density at radius 2 is 2.17 bits per heavy atom. The molecule has 0 aliphatic carbocycles. The zero-order valence-corrected chi connectivity index (χ0v) is 6.25. The summed E-state index contributed by atoms with van der Waals surface area (Å²) in [5.74, 6) is 0. The van der Waals surface area contributed by atoms with Crippen molar-refractivity contribution in [2.75, 3.05) is 0 Å². The average molecular weight is 158 g/mol. The van der Waals surface area contributed by atoms with Crippen molar-refractivity contribution in [3.05, 3.63) is 37.2 Å². The molecule has 12 heavy (non-hydrogen) atoms. The van der Waals surface area contributed by atoms with E-state index in [1.54, 1.807) is 12.5 Å². The normalized spacial score (nSPS) is 11.3. The van der Waals surface area contributed by atoms with Gasteiger partial charge in [0, 0.05) is 12.4 Å². The molecule has 3 rings (SSSR count). The van der Waals surface area contributed by atoms with Crippen molar-refractivity contribution < 1.29 is 0 Å². The summed E-state index contributed by atoms with van der Waals surface area (Å²) in [5.41, 5.74) is 2.16. The van der Waals surface area contributed by atoms with Crippen molar-refractivity contribution in [2.45, 2.75) is 0 Å². The van der Waals surface area contributed by atoms with Crippen LogP contribution in [0.25, 0.3) is 11.0 Å². The highest BCUT2D eigenvalue weighted by atomic mass is 15.2.